The van der Waals surface area contributed by atoms with Crippen molar-refractivity contribution in [1.82, 2.24) is 0 Å². The molecule has 3 nitrogen and oxygen atoms in total. The van der Waals surface area contributed by atoms with E-state index < -0.39 is 0 Å². The Balaban J connectivity index is 1.88. The van der Waals surface area contributed by atoms with Crippen LogP contribution in [0.5, 0.6) is 0 Å². The normalized spacial score (nSPS) is 22.8. The third-order valence-electron chi connectivity index (χ3n) is 4.25. The summed E-state index contributed by atoms with van der Waals surface area (Å²) in [6.07, 6.45) is -0.00838. The zero-order valence-electron chi connectivity index (χ0n) is 12.2. The van der Waals surface area contributed by atoms with Crippen LogP contribution in [0.15, 0.2) is 58.7 Å². The summed E-state index contributed by atoms with van der Waals surface area (Å²) < 4.78 is 0. The van der Waals surface area contributed by atoms with Crippen LogP contribution in [0.2, 0.25) is 5.02 Å². The maximum absolute atomic E-state index is 6.00. The second-order valence-corrected chi connectivity index (χ2v) is 6.07. The summed E-state index contributed by atoms with van der Waals surface area (Å²) in [5.74, 6) is 0.185. The monoisotopic (exact) mass is 310 g/mol. The number of benzene rings is 2. The Kier molecular flexibility index (Phi) is 3.23. The van der Waals surface area contributed by atoms with Gasteiger partial charge < -0.3 is 4.84 Å². The van der Waals surface area contributed by atoms with Gasteiger partial charge in [-0.15, -0.1) is 0 Å². The minimum absolute atomic E-state index is 0.00838. The molecule has 0 bridgehead atoms. The van der Waals surface area contributed by atoms with Gasteiger partial charge in [-0.05, 0) is 24.6 Å². The summed E-state index contributed by atoms with van der Waals surface area (Å²) >= 11 is 6.00. The first-order valence-corrected chi connectivity index (χ1v) is 7.72. The first-order chi connectivity index (χ1) is 10.7. The van der Waals surface area contributed by atoms with E-state index in [1.165, 1.54) is 5.56 Å². The third-order valence-corrected chi connectivity index (χ3v) is 4.50. The fourth-order valence-corrected chi connectivity index (χ4v) is 3.33. The van der Waals surface area contributed by atoms with Gasteiger partial charge in [-0.1, -0.05) is 53.2 Å². The maximum Gasteiger partial charge on any atom is 0.159 e. The van der Waals surface area contributed by atoms with Gasteiger partial charge in [-0.25, -0.2) is 0 Å². The number of hydrogen-bond acceptors (Lipinski definition) is 3. The number of aliphatic imine (C=N–C) groups is 1. The number of hydrogen-bond donors (Lipinski definition) is 0. The lowest BCUT2D eigenvalue weighted by Crippen LogP contribution is -2.22. The highest BCUT2D eigenvalue weighted by Gasteiger charge is 2.36. The fourth-order valence-electron chi connectivity index (χ4n) is 3.21. The molecule has 0 aliphatic carbocycles. The lowest BCUT2D eigenvalue weighted by Gasteiger charge is -2.16. The Labute approximate surface area is 134 Å². The van der Waals surface area contributed by atoms with Gasteiger partial charge in [0.15, 0.2) is 6.10 Å². The van der Waals surface area contributed by atoms with Crippen LogP contribution in [-0.4, -0.2) is 24.1 Å². The molecule has 0 N–H and O–H groups in total. The quantitative estimate of drug-likeness (QED) is 0.782. The molecule has 0 aromatic heterocycles. The molecule has 2 aliphatic heterocycles. The molecular formula is C18H15ClN2O. The minimum atomic E-state index is -0.00838. The minimum Gasteiger partial charge on any atom is -0.389 e. The Hall–Kier alpha value is -2.13. The van der Waals surface area contributed by atoms with Gasteiger partial charge in [-0.3, -0.25) is 4.99 Å². The molecule has 110 valence electrons. The summed E-state index contributed by atoms with van der Waals surface area (Å²) in [5, 5.41) is 4.89. The van der Waals surface area contributed by atoms with E-state index >= 15 is 0 Å². The Bertz CT molecular complexity index is 780. The van der Waals surface area contributed by atoms with E-state index in [1.807, 2.05) is 37.3 Å². The summed E-state index contributed by atoms with van der Waals surface area (Å²) in [4.78, 5) is 10.4. The molecule has 0 fully saturated rings. The highest BCUT2D eigenvalue weighted by atomic mass is 35.5. The molecule has 0 amide bonds. The van der Waals surface area contributed by atoms with Crippen molar-refractivity contribution in [2.75, 3.05) is 6.54 Å². The van der Waals surface area contributed by atoms with Crippen molar-refractivity contribution in [1.29, 1.82) is 0 Å². The predicted molar refractivity (Wildman–Crippen MR) is 89.1 cm³/mol. The van der Waals surface area contributed by atoms with E-state index in [0.29, 0.717) is 6.54 Å². The van der Waals surface area contributed by atoms with E-state index in [0.717, 1.165) is 27.6 Å². The zero-order chi connectivity index (χ0) is 15.1. The number of nitrogens with zero attached hydrogens (tertiary/aromatic N) is 2. The van der Waals surface area contributed by atoms with Crippen LogP contribution in [0.25, 0.3) is 0 Å². The topological polar surface area (TPSA) is 34.0 Å². The lowest BCUT2D eigenvalue weighted by atomic mass is 9.85. The predicted octanol–water partition coefficient (Wildman–Crippen LogP) is 4.05. The largest absolute Gasteiger partial charge is 0.389 e. The van der Waals surface area contributed by atoms with Gasteiger partial charge in [0, 0.05) is 16.1 Å². The van der Waals surface area contributed by atoms with Crippen LogP contribution >= 0.6 is 11.6 Å². The lowest BCUT2D eigenvalue weighted by molar-refractivity contribution is 0.0836. The second-order valence-electron chi connectivity index (χ2n) is 5.64. The molecule has 2 aliphatic rings. The van der Waals surface area contributed by atoms with Gasteiger partial charge in [0.1, 0.15) is 0 Å². The summed E-state index contributed by atoms with van der Waals surface area (Å²) in [6, 6.07) is 16.2. The standard InChI is InChI=1S/C18H15ClN2O/c1-11-17-14-4-2-3-5-15(14)18(20-10-16(17)22-21-11)12-6-8-13(19)9-7-12/h2-9,16-17H,10H2,1H3. The molecule has 2 atom stereocenters. The van der Waals surface area contributed by atoms with Crippen molar-refractivity contribution >= 4 is 23.0 Å². The SMILES string of the molecule is CC1=NOC2CN=C(c3ccc(Cl)cc3)c3ccccc3C12. The highest BCUT2D eigenvalue weighted by Crippen LogP contribution is 2.35. The van der Waals surface area contributed by atoms with Crippen LogP contribution in [-0.2, 0) is 4.84 Å². The molecule has 0 radical (unpaired) electrons. The summed E-state index contributed by atoms with van der Waals surface area (Å²) in [6.45, 7) is 2.63. The van der Waals surface area contributed by atoms with Crippen molar-refractivity contribution < 1.29 is 4.84 Å². The van der Waals surface area contributed by atoms with E-state index in [2.05, 4.69) is 23.4 Å². The van der Waals surface area contributed by atoms with Crippen LogP contribution in [0, 0.1) is 0 Å². The number of halogens is 1. The summed E-state index contributed by atoms with van der Waals surface area (Å²) in [7, 11) is 0. The van der Waals surface area contributed by atoms with Crippen molar-refractivity contribution in [3.8, 4) is 0 Å². The van der Waals surface area contributed by atoms with Crippen LogP contribution in [0.1, 0.15) is 29.5 Å². The van der Waals surface area contributed by atoms with Crippen LogP contribution < -0.4 is 0 Å². The average Bonchev–Trinajstić information content (AvgIpc) is 2.82. The van der Waals surface area contributed by atoms with Gasteiger partial charge in [0.2, 0.25) is 0 Å². The van der Waals surface area contributed by atoms with Crippen molar-refractivity contribution in [2.24, 2.45) is 10.1 Å². The van der Waals surface area contributed by atoms with Gasteiger partial charge in [-0.2, -0.15) is 0 Å². The highest BCUT2D eigenvalue weighted by molar-refractivity contribution is 6.30. The Morgan fingerprint density at radius 3 is 2.68 bits per heavy atom. The van der Waals surface area contributed by atoms with Crippen molar-refractivity contribution in [3.63, 3.8) is 0 Å². The smallest absolute Gasteiger partial charge is 0.159 e. The fraction of sp³-hybridized carbons (Fsp3) is 0.222. The van der Waals surface area contributed by atoms with Crippen molar-refractivity contribution in [3.05, 3.63) is 70.2 Å². The first kappa shape index (κ1) is 13.5. The maximum atomic E-state index is 6.00. The summed E-state index contributed by atoms with van der Waals surface area (Å²) in [5.41, 5.74) is 5.48. The Morgan fingerprint density at radius 1 is 1.09 bits per heavy atom. The molecule has 2 aromatic rings. The van der Waals surface area contributed by atoms with E-state index in [1.54, 1.807) is 0 Å². The van der Waals surface area contributed by atoms with Crippen molar-refractivity contribution in [2.45, 2.75) is 18.9 Å². The molecule has 0 saturated carbocycles. The molecule has 4 rings (SSSR count). The zero-order valence-corrected chi connectivity index (χ0v) is 12.9. The average molecular weight is 311 g/mol. The van der Waals surface area contributed by atoms with E-state index in [-0.39, 0.29) is 12.0 Å². The number of oxime groups is 1. The Morgan fingerprint density at radius 2 is 1.86 bits per heavy atom. The number of rotatable bonds is 1. The molecule has 0 spiro atoms. The van der Waals surface area contributed by atoms with E-state index in [4.69, 9.17) is 21.4 Å². The van der Waals surface area contributed by atoms with Gasteiger partial charge in [0.05, 0.1) is 23.9 Å². The molecule has 2 aromatic carbocycles. The molecule has 2 heterocycles. The molecular weight excluding hydrogens is 296 g/mol. The molecule has 22 heavy (non-hydrogen) atoms. The van der Waals surface area contributed by atoms with Crippen LogP contribution in [0.3, 0.4) is 0 Å². The van der Waals surface area contributed by atoms with E-state index in [9.17, 15) is 0 Å². The third kappa shape index (κ3) is 2.13. The second kappa shape index (κ2) is 5.25. The first-order valence-electron chi connectivity index (χ1n) is 7.34. The molecule has 4 heteroatoms. The van der Waals surface area contributed by atoms with Crippen LogP contribution in [0.4, 0.5) is 0 Å². The van der Waals surface area contributed by atoms with Gasteiger partial charge >= 0.3 is 0 Å². The number of fused-ring (bicyclic) bond motifs is 3. The molecule has 2 unspecified atom stereocenters. The molecule has 0 saturated heterocycles. The van der Waals surface area contributed by atoms with Gasteiger partial charge in [0.25, 0.3) is 0 Å².